The SMILES string of the molecule is CC1=NN(c2ccccc2)C(=O)/C1=C/c1ccc(OCC(=O)Nc2ccccc2)cc1. The van der Waals surface area contributed by atoms with E-state index in [2.05, 4.69) is 10.4 Å². The van der Waals surface area contributed by atoms with E-state index in [0.29, 0.717) is 17.0 Å². The molecule has 6 heteroatoms. The van der Waals surface area contributed by atoms with Crippen molar-refractivity contribution in [1.29, 1.82) is 0 Å². The van der Waals surface area contributed by atoms with Crippen molar-refractivity contribution in [3.63, 3.8) is 0 Å². The number of nitrogens with zero attached hydrogens (tertiary/aromatic N) is 2. The van der Waals surface area contributed by atoms with Crippen LogP contribution in [0.5, 0.6) is 5.75 Å². The highest BCUT2D eigenvalue weighted by molar-refractivity contribution is 6.32. The number of ether oxygens (including phenoxy) is 1. The van der Waals surface area contributed by atoms with E-state index in [1.807, 2.05) is 79.7 Å². The van der Waals surface area contributed by atoms with Gasteiger partial charge in [0.25, 0.3) is 11.8 Å². The monoisotopic (exact) mass is 411 g/mol. The zero-order chi connectivity index (χ0) is 21.6. The number of hydrogen-bond acceptors (Lipinski definition) is 4. The fourth-order valence-corrected chi connectivity index (χ4v) is 3.12. The number of nitrogens with one attached hydrogen (secondary N) is 1. The molecule has 0 aliphatic carbocycles. The standard InChI is InChI=1S/C25H21N3O3/c1-18-23(25(30)28(27-18)21-10-6-3-7-11-21)16-19-12-14-22(15-13-19)31-17-24(29)26-20-8-4-2-5-9-20/h2-16H,17H2,1H3,(H,26,29)/b23-16+. The van der Waals surface area contributed by atoms with E-state index in [-0.39, 0.29) is 18.4 Å². The molecule has 1 aliphatic heterocycles. The second kappa shape index (κ2) is 9.09. The van der Waals surface area contributed by atoms with E-state index in [9.17, 15) is 9.59 Å². The summed E-state index contributed by atoms with van der Waals surface area (Å²) in [4.78, 5) is 24.8. The normalized spacial score (nSPS) is 14.5. The summed E-state index contributed by atoms with van der Waals surface area (Å²) in [5.41, 5.74) is 3.49. The van der Waals surface area contributed by atoms with E-state index in [0.717, 1.165) is 16.9 Å². The third kappa shape index (κ3) is 4.87. The second-order valence-electron chi connectivity index (χ2n) is 6.97. The van der Waals surface area contributed by atoms with Gasteiger partial charge in [0, 0.05) is 5.69 Å². The Balaban J connectivity index is 1.38. The summed E-state index contributed by atoms with van der Waals surface area (Å²) in [7, 11) is 0. The lowest BCUT2D eigenvalue weighted by Gasteiger charge is -2.11. The molecule has 1 N–H and O–H groups in total. The molecule has 1 heterocycles. The minimum Gasteiger partial charge on any atom is -0.484 e. The number of benzene rings is 3. The number of para-hydroxylation sites is 2. The molecule has 0 radical (unpaired) electrons. The van der Waals surface area contributed by atoms with Crippen molar-refractivity contribution in [3.8, 4) is 5.75 Å². The average Bonchev–Trinajstić information content (AvgIpc) is 3.08. The lowest BCUT2D eigenvalue weighted by atomic mass is 10.1. The molecule has 0 saturated heterocycles. The van der Waals surface area contributed by atoms with E-state index < -0.39 is 0 Å². The molecule has 4 rings (SSSR count). The van der Waals surface area contributed by atoms with Gasteiger partial charge in [-0.25, -0.2) is 0 Å². The van der Waals surface area contributed by atoms with Gasteiger partial charge in [-0.1, -0.05) is 48.5 Å². The fraction of sp³-hybridized carbons (Fsp3) is 0.0800. The van der Waals surface area contributed by atoms with E-state index in [1.165, 1.54) is 5.01 Å². The fourth-order valence-electron chi connectivity index (χ4n) is 3.12. The van der Waals surface area contributed by atoms with Crippen LogP contribution in [0.4, 0.5) is 11.4 Å². The minimum atomic E-state index is -0.234. The summed E-state index contributed by atoms with van der Waals surface area (Å²) in [6, 6.07) is 25.7. The van der Waals surface area contributed by atoms with E-state index >= 15 is 0 Å². The summed E-state index contributed by atoms with van der Waals surface area (Å²) in [6.45, 7) is 1.72. The molecule has 1 aliphatic rings. The van der Waals surface area contributed by atoms with Crippen LogP contribution in [0.15, 0.2) is 95.6 Å². The van der Waals surface area contributed by atoms with Gasteiger partial charge in [-0.3, -0.25) is 9.59 Å². The highest BCUT2D eigenvalue weighted by atomic mass is 16.5. The zero-order valence-electron chi connectivity index (χ0n) is 17.0. The Morgan fingerprint density at radius 3 is 2.29 bits per heavy atom. The predicted molar refractivity (Wildman–Crippen MR) is 122 cm³/mol. The summed E-state index contributed by atoms with van der Waals surface area (Å²) >= 11 is 0. The van der Waals surface area contributed by atoms with Crippen LogP contribution in [0.1, 0.15) is 12.5 Å². The Labute approximate surface area is 180 Å². The number of amides is 2. The Morgan fingerprint density at radius 2 is 1.61 bits per heavy atom. The average molecular weight is 411 g/mol. The molecule has 2 amide bonds. The van der Waals surface area contributed by atoms with Crippen molar-refractivity contribution >= 4 is 35.0 Å². The quantitative estimate of drug-likeness (QED) is 0.607. The first-order valence-corrected chi connectivity index (χ1v) is 9.85. The first-order chi connectivity index (χ1) is 15.1. The number of carbonyl (C=O) groups is 2. The van der Waals surface area contributed by atoms with Gasteiger partial charge in [-0.05, 0) is 55.0 Å². The highest BCUT2D eigenvalue weighted by Gasteiger charge is 2.28. The molecule has 0 fully saturated rings. The van der Waals surface area contributed by atoms with Gasteiger partial charge in [-0.15, -0.1) is 0 Å². The Bertz CT molecular complexity index is 1140. The Kier molecular flexibility index (Phi) is 5.89. The lowest BCUT2D eigenvalue weighted by Crippen LogP contribution is -2.21. The first kappa shape index (κ1) is 20.1. The number of rotatable bonds is 6. The first-order valence-electron chi connectivity index (χ1n) is 9.85. The molecule has 0 bridgehead atoms. The molecule has 3 aromatic carbocycles. The second-order valence-corrected chi connectivity index (χ2v) is 6.97. The molecule has 6 nitrogen and oxygen atoms in total. The number of carbonyl (C=O) groups excluding carboxylic acids is 2. The summed E-state index contributed by atoms with van der Waals surface area (Å²) < 4.78 is 5.55. The van der Waals surface area contributed by atoms with Crippen LogP contribution in [0.3, 0.4) is 0 Å². The van der Waals surface area contributed by atoms with Crippen LogP contribution in [0.25, 0.3) is 6.08 Å². The predicted octanol–water partition coefficient (Wildman–Crippen LogP) is 4.51. The molecule has 0 atom stereocenters. The number of anilines is 2. The molecule has 0 saturated carbocycles. The summed E-state index contributed by atoms with van der Waals surface area (Å²) in [5.74, 6) is 0.169. The van der Waals surface area contributed by atoms with Gasteiger partial charge in [-0.2, -0.15) is 10.1 Å². The van der Waals surface area contributed by atoms with Gasteiger partial charge in [0.05, 0.1) is 17.0 Å². The van der Waals surface area contributed by atoms with E-state index in [4.69, 9.17) is 4.74 Å². The van der Waals surface area contributed by atoms with Gasteiger partial charge >= 0.3 is 0 Å². The largest absolute Gasteiger partial charge is 0.484 e. The smallest absolute Gasteiger partial charge is 0.280 e. The van der Waals surface area contributed by atoms with Crippen LogP contribution >= 0.6 is 0 Å². The molecule has 0 aromatic heterocycles. The molecule has 0 spiro atoms. The number of hydrogen-bond donors (Lipinski definition) is 1. The van der Waals surface area contributed by atoms with Crippen molar-refractivity contribution in [2.75, 3.05) is 16.9 Å². The van der Waals surface area contributed by atoms with Crippen molar-refractivity contribution in [2.24, 2.45) is 5.10 Å². The lowest BCUT2D eigenvalue weighted by molar-refractivity contribution is -0.118. The van der Waals surface area contributed by atoms with Crippen LogP contribution in [0, 0.1) is 0 Å². The van der Waals surface area contributed by atoms with Crippen LogP contribution < -0.4 is 15.1 Å². The van der Waals surface area contributed by atoms with Gasteiger partial charge in [0.1, 0.15) is 5.75 Å². The van der Waals surface area contributed by atoms with E-state index in [1.54, 1.807) is 18.2 Å². The Hall–Kier alpha value is -4.19. The number of hydrazone groups is 1. The zero-order valence-corrected chi connectivity index (χ0v) is 17.0. The van der Waals surface area contributed by atoms with Crippen LogP contribution in [0.2, 0.25) is 0 Å². The minimum absolute atomic E-state index is 0.0916. The third-order valence-electron chi connectivity index (χ3n) is 4.68. The van der Waals surface area contributed by atoms with Crippen molar-refractivity contribution in [1.82, 2.24) is 0 Å². The molecule has 0 unspecified atom stereocenters. The highest BCUT2D eigenvalue weighted by Crippen LogP contribution is 2.25. The maximum absolute atomic E-state index is 12.8. The maximum Gasteiger partial charge on any atom is 0.280 e. The third-order valence-corrected chi connectivity index (χ3v) is 4.68. The maximum atomic E-state index is 12.8. The van der Waals surface area contributed by atoms with Crippen molar-refractivity contribution in [2.45, 2.75) is 6.92 Å². The van der Waals surface area contributed by atoms with Crippen molar-refractivity contribution < 1.29 is 14.3 Å². The molecule has 3 aromatic rings. The molecular formula is C25H21N3O3. The summed E-state index contributed by atoms with van der Waals surface area (Å²) in [6.07, 6.45) is 1.80. The molecule has 31 heavy (non-hydrogen) atoms. The Morgan fingerprint density at radius 1 is 0.968 bits per heavy atom. The molecular weight excluding hydrogens is 390 g/mol. The van der Waals surface area contributed by atoms with Crippen molar-refractivity contribution in [3.05, 3.63) is 96.1 Å². The van der Waals surface area contributed by atoms with Gasteiger partial charge in [0.15, 0.2) is 6.61 Å². The molecule has 154 valence electrons. The van der Waals surface area contributed by atoms with Gasteiger partial charge < -0.3 is 10.1 Å². The summed E-state index contributed by atoms with van der Waals surface area (Å²) in [5, 5.41) is 8.56. The van der Waals surface area contributed by atoms with Crippen LogP contribution in [-0.4, -0.2) is 24.1 Å². The van der Waals surface area contributed by atoms with Crippen LogP contribution in [-0.2, 0) is 9.59 Å². The van der Waals surface area contributed by atoms with Gasteiger partial charge in [0.2, 0.25) is 0 Å². The topological polar surface area (TPSA) is 71.0 Å².